The van der Waals surface area contributed by atoms with Crippen molar-refractivity contribution in [1.29, 1.82) is 0 Å². The lowest BCUT2D eigenvalue weighted by Crippen LogP contribution is -2.28. The summed E-state index contributed by atoms with van der Waals surface area (Å²) in [6, 6.07) is 20.0. The normalized spacial score (nSPS) is 11.0. The zero-order chi connectivity index (χ0) is 23.7. The molecule has 0 bridgehead atoms. The lowest BCUT2D eigenvalue weighted by molar-refractivity contribution is -0.116. The van der Waals surface area contributed by atoms with Gasteiger partial charge in [0.2, 0.25) is 11.7 Å². The summed E-state index contributed by atoms with van der Waals surface area (Å²) in [4.78, 5) is 34.6. The Kier molecular flexibility index (Phi) is 5.47. The Morgan fingerprint density at radius 3 is 2.68 bits per heavy atom. The minimum absolute atomic E-state index is 0.129. The summed E-state index contributed by atoms with van der Waals surface area (Å²) < 4.78 is 6.90. The number of benzene rings is 2. The summed E-state index contributed by atoms with van der Waals surface area (Å²) in [5.41, 5.74) is 4.04. The number of hydrogen-bond donors (Lipinski definition) is 1. The van der Waals surface area contributed by atoms with Crippen LogP contribution in [0.1, 0.15) is 11.1 Å². The van der Waals surface area contributed by atoms with Crippen molar-refractivity contribution < 1.29 is 9.32 Å². The predicted molar refractivity (Wildman–Crippen MR) is 129 cm³/mol. The zero-order valence-corrected chi connectivity index (χ0v) is 18.6. The molecule has 2 aromatic carbocycles. The van der Waals surface area contributed by atoms with Crippen molar-refractivity contribution >= 4 is 22.5 Å². The summed E-state index contributed by atoms with van der Waals surface area (Å²) in [6.07, 6.45) is 1.64. The Morgan fingerprint density at radius 2 is 1.85 bits per heavy atom. The summed E-state index contributed by atoms with van der Waals surface area (Å²) in [5.74, 6) is 0.252. The number of anilines is 1. The second kappa shape index (κ2) is 8.74. The quantitative estimate of drug-likeness (QED) is 0.426. The Labute approximate surface area is 194 Å². The molecule has 0 fully saturated rings. The van der Waals surface area contributed by atoms with Crippen LogP contribution in [0.3, 0.4) is 0 Å². The second-order valence-corrected chi connectivity index (χ2v) is 8.00. The molecule has 8 heteroatoms. The van der Waals surface area contributed by atoms with Gasteiger partial charge in [-0.2, -0.15) is 4.98 Å². The molecule has 168 valence electrons. The van der Waals surface area contributed by atoms with Crippen molar-refractivity contribution in [2.75, 3.05) is 5.32 Å². The van der Waals surface area contributed by atoms with Gasteiger partial charge in [0.15, 0.2) is 0 Å². The van der Waals surface area contributed by atoms with E-state index in [2.05, 4.69) is 20.4 Å². The largest absolute Gasteiger partial charge is 0.334 e. The third-order valence-corrected chi connectivity index (χ3v) is 5.54. The summed E-state index contributed by atoms with van der Waals surface area (Å²) >= 11 is 0. The van der Waals surface area contributed by atoms with Gasteiger partial charge in [-0.25, -0.2) is 0 Å². The van der Waals surface area contributed by atoms with Gasteiger partial charge in [-0.05, 0) is 49.2 Å². The molecule has 0 aliphatic heterocycles. The maximum absolute atomic E-state index is 13.1. The van der Waals surface area contributed by atoms with Crippen molar-refractivity contribution in [2.45, 2.75) is 20.4 Å². The molecular weight excluding hydrogens is 430 g/mol. The van der Waals surface area contributed by atoms with Gasteiger partial charge in [-0.15, -0.1) is 0 Å². The lowest BCUT2D eigenvalue weighted by Gasteiger charge is -2.13. The Balaban J connectivity index is 1.51. The van der Waals surface area contributed by atoms with Crippen LogP contribution in [-0.4, -0.2) is 25.6 Å². The van der Waals surface area contributed by atoms with Crippen LogP contribution < -0.4 is 10.9 Å². The number of rotatable bonds is 5. The Morgan fingerprint density at radius 1 is 1.03 bits per heavy atom. The van der Waals surface area contributed by atoms with Crippen molar-refractivity contribution in [1.82, 2.24) is 19.7 Å². The molecule has 0 aliphatic carbocycles. The number of carbonyl (C=O) groups excluding carboxylic acids is 1. The summed E-state index contributed by atoms with van der Waals surface area (Å²) in [6.45, 7) is 3.76. The molecule has 0 unspecified atom stereocenters. The first-order valence-electron chi connectivity index (χ1n) is 10.7. The molecule has 0 aliphatic rings. The first kappa shape index (κ1) is 21.3. The van der Waals surface area contributed by atoms with Crippen molar-refractivity contribution in [3.63, 3.8) is 0 Å². The highest BCUT2D eigenvalue weighted by Crippen LogP contribution is 2.27. The third kappa shape index (κ3) is 4.09. The minimum Gasteiger partial charge on any atom is -0.334 e. The third-order valence-electron chi connectivity index (χ3n) is 5.54. The fraction of sp³-hybridized carbons (Fsp3) is 0.115. The number of aryl methyl sites for hydroxylation is 2. The SMILES string of the molecule is Cc1ccc(C)c(NC(=O)Cn2c(=O)cc(-c3nc(-c4ccccn4)no3)c3ccccc32)c1. The number of fused-ring (bicyclic) bond motifs is 1. The first-order chi connectivity index (χ1) is 16.5. The first-order valence-corrected chi connectivity index (χ1v) is 10.7. The van der Waals surface area contributed by atoms with Crippen LogP contribution in [-0.2, 0) is 11.3 Å². The molecule has 0 spiro atoms. The summed E-state index contributed by atoms with van der Waals surface area (Å²) in [5, 5.41) is 7.64. The van der Waals surface area contributed by atoms with E-state index in [4.69, 9.17) is 4.52 Å². The van der Waals surface area contributed by atoms with Gasteiger partial charge < -0.3 is 9.84 Å². The highest BCUT2D eigenvalue weighted by Gasteiger charge is 2.18. The van der Waals surface area contributed by atoms with E-state index >= 15 is 0 Å². The fourth-order valence-corrected chi connectivity index (χ4v) is 3.81. The van der Waals surface area contributed by atoms with Crippen LogP contribution in [0.4, 0.5) is 5.69 Å². The molecule has 34 heavy (non-hydrogen) atoms. The van der Waals surface area contributed by atoms with Crippen LogP contribution in [0.2, 0.25) is 0 Å². The number of nitrogens with zero attached hydrogens (tertiary/aromatic N) is 4. The van der Waals surface area contributed by atoms with Crippen LogP contribution in [0, 0.1) is 13.8 Å². The number of carbonyl (C=O) groups is 1. The van der Waals surface area contributed by atoms with Crippen molar-refractivity contribution in [3.05, 3.63) is 94.4 Å². The molecule has 0 saturated heterocycles. The average Bonchev–Trinajstić information content (AvgIpc) is 3.34. The second-order valence-electron chi connectivity index (χ2n) is 8.00. The minimum atomic E-state index is -0.345. The average molecular weight is 451 g/mol. The smallest absolute Gasteiger partial charge is 0.259 e. The number of aromatic nitrogens is 4. The van der Waals surface area contributed by atoms with Gasteiger partial charge in [-0.3, -0.25) is 19.1 Å². The van der Waals surface area contributed by atoms with E-state index in [9.17, 15) is 9.59 Å². The highest BCUT2D eigenvalue weighted by molar-refractivity contribution is 5.95. The number of pyridine rings is 2. The van der Waals surface area contributed by atoms with E-state index in [0.29, 0.717) is 22.6 Å². The maximum atomic E-state index is 13.1. The fourth-order valence-electron chi connectivity index (χ4n) is 3.81. The number of amides is 1. The molecule has 3 aromatic heterocycles. The standard InChI is InChI=1S/C26H21N5O3/c1-16-10-11-17(2)21(13-16)28-23(32)15-31-22-9-4-3-7-18(22)19(14-24(31)33)26-29-25(30-34-26)20-8-5-6-12-27-20/h3-14H,15H2,1-2H3,(H,28,32). The zero-order valence-electron chi connectivity index (χ0n) is 18.6. The van der Waals surface area contributed by atoms with Crippen molar-refractivity contribution in [2.24, 2.45) is 0 Å². The van der Waals surface area contributed by atoms with Gasteiger partial charge in [0.05, 0.1) is 11.1 Å². The summed E-state index contributed by atoms with van der Waals surface area (Å²) in [7, 11) is 0. The molecule has 1 N–H and O–H groups in total. The molecule has 5 aromatic rings. The lowest BCUT2D eigenvalue weighted by atomic mass is 10.1. The van der Waals surface area contributed by atoms with Crippen LogP contribution in [0.5, 0.6) is 0 Å². The Bertz CT molecular complexity index is 1570. The predicted octanol–water partition coefficient (Wildman–Crippen LogP) is 4.37. The van der Waals surface area contributed by atoms with Crippen molar-refractivity contribution in [3.8, 4) is 23.0 Å². The number of nitrogens with one attached hydrogen (secondary N) is 1. The van der Waals surface area contributed by atoms with Crippen LogP contribution >= 0.6 is 0 Å². The molecule has 0 radical (unpaired) electrons. The number of hydrogen-bond acceptors (Lipinski definition) is 6. The molecule has 0 saturated carbocycles. The van der Waals surface area contributed by atoms with Gasteiger partial charge in [0, 0.05) is 23.3 Å². The molecule has 0 atom stereocenters. The van der Waals surface area contributed by atoms with E-state index in [-0.39, 0.29) is 23.9 Å². The molecule has 5 rings (SSSR count). The van der Waals surface area contributed by atoms with E-state index in [0.717, 1.165) is 22.2 Å². The van der Waals surface area contributed by atoms with E-state index in [1.807, 2.05) is 56.3 Å². The Hall–Kier alpha value is -4.59. The van der Waals surface area contributed by atoms with Crippen LogP contribution in [0.25, 0.3) is 33.9 Å². The van der Waals surface area contributed by atoms with Crippen LogP contribution in [0.15, 0.2) is 82.2 Å². The monoisotopic (exact) mass is 451 g/mol. The van der Waals surface area contributed by atoms with E-state index in [1.165, 1.54) is 10.6 Å². The topological polar surface area (TPSA) is 103 Å². The van der Waals surface area contributed by atoms with Gasteiger partial charge in [0.25, 0.3) is 11.4 Å². The molecule has 3 heterocycles. The molecular formula is C26H21N5O3. The van der Waals surface area contributed by atoms with E-state index < -0.39 is 0 Å². The maximum Gasteiger partial charge on any atom is 0.259 e. The van der Waals surface area contributed by atoms with Gasteiger partial charge in [0.1, 0.15) is 12.2 Å². The highest BCUT2D eigenvalue weighted by atomic mass is 16.5. The molecule has 8 nitrogen and oxygen atoms in total. The van der Waals surface area contributed by atoms with Gasteiger partial charge >= 0.3 is 0 Å². The van der Waals surface area contributed by atoms with Gasteiger partial charge in [-0.1, -0.05) is 41.6 Å². The number of para-hydroxylation sites is 1. The van der Waals surface area contributed by atoms with E-state index in [1.54, 1.807) is 24.4 Å². The molecule has 1 amide bonds.